The van der Waals surface area contributed by atoms with Crippen molar-refractivity contribution in [3.8, 4) is 6.07 Å². The fourth-order valence-electron chi connectivity index (χ4n) is 0.587. The second-order valence-corrected chi connectivity index (χ2v) is 2.06. The van der Waals surface area contributed by atoms with Crippen molar-refractivity contribution >= 4 is 18.4 Å². The molecular weight excluding hydrogens is 180 g/mol. The van der Waals surface area contributed by atoms with Crippen LogP contribution in [-0.2, 0) is 9.53 Å². The number of ether oxygens (including phenoxy) is 1. The van der Waals surface area contributed by atoms with E-state index in [0.717, 1.165) is 0 Å². The highest BCUT2D eigenvalue weighted by atomic mass is 35.5. The molecular formula is C7H13ClN2O2. The summed E-state index contributed by atoms with van der Waals surface area (Å²) in [6, 6.07) is 1.26. The molecule has 0 fully saturated rings. The predicted molar refractivity (Wildman–Crippen MR) is 46.7 cm³/mol. The average molecular weight is 193 g/mol. The Morgan fingerprint density at radius 1 is 1.75 bits per heavy atom. The molecule has 0 rings (SSSR count). The van der Waals surface area contributed by atoms with Crippen molar-refractivity contribution in [3.05, 3.63) is 0 Å². The summed E-state index contributed by atoms with van der Waals surface area (Å²) in [5, 5.41) is 8.17. The minimum Gasteiger partial charge on any atom is -0.465 e. The number of carbonyl (C=O) groups is 1. The smallest absolute Gasteiger partial charge is 0.322 e. The highest BCUT2D eigenvalue weighted by Gasteiger charge is 2.12. The van der Waals surface area contributed by atoms with Gasteiger partial charge in [-0.05, 0) is 13.3 Å². The number of esters is 1. The van der Waals surface area contributed by atoms with Crippen LogP contribution in [0.15, 0.2) is 0 Å². The van der Waals surface area contributed by atoms with Crippen LogP contribution in [0.1, 0.15) is 19.8 Å². The summed E-state index contributed by atoms with van der Waals surface area (Å²) in [5.41, 5.74) is 5.36. The molecule has 70 valence electrons. The molecule has 0 aromatic rings. The highest BCUT2D eigenvalue weighted by Crippen LogP contribution is 1.95. The standard InChI is InChI=1S/C7H12N2O2.ClH/c1-2-11-7(10)6(9)4-3-5-8;/h6H,2-4,9H2,1H3;1H/t6-;/m0./s1. The van der Waals surface area contributed by atoms with Crippen molar-refractivity contribution < 1.29 is 9.53 Å². The largest absolute Gasteiger partial charge is 0.465 e. The van der Waals surface area contributed by atoms with E-state index in [1.54, 1.807) is 6.92 Å². The Morgan fingerprint density at radius 3 is 2.75 bits per heavy atom. The molecule has 12 heavy (non-hydrogen) atoms. The molecule has 0 unspecified atom stereocenters. The van der Waals surface area contributed by atoms with Gasteiger partial charge in [0, 0.05) is 6.42 Å². The van der Waals surface area contributed by atoms with Crippen molar-refractivity contribution in [3.63, 3.8) is 0 Å². The minimum atomic E-state index is -0.644. The number of carbonyl (C=O) groups excluding carboxylic acids is 1. The minimum absolute atomic E-state index is 0. The second kappa shape index (κ2) is 8.31. The van der Waals surface area contributed by atoms with Crippen molar-refractivity contribution in [2.24, 2.45) is 5.73 Å². The van der Waals surface area contributed by atoms with Crippen LogP contribution in [0.5, 0.6) is 0 Å². The van der Waals surface area contributed by atoms with Crippen LogP contribution in [-0.4, -0.2) is 18.6 Å². The molecule has 0 saturated heterocycles. The molecule has 0 aliphatic carbocycles. The van der Waals surface area contributed by atoms with E-state index in [1.165, 1.54) is 0 Å². The van der Waals surface area contributed by atoms with Crippen LogP contribution in [0.3, 0.4) is 0 Å². The first-order chi connectivity index (χ1) is 5.22. The maximum absolute atomic E-state index is 10.8. The molecule has 4 nitrogen and oxygen atoms in total. The average Bonchev–Trinajstić information content (AvgIpc) is 2.00. The molecule has 0 aliphatic rings. The van der Waals surface area contributed by atoms with E-state index in [0.29, 0.717) is 19.4 Å². The number of nitrogens with two attached hydrogens (primary N) is 1. The van der Waals surface area contributed by atoms with Gasteiger partial charge in [-0.15, -0.1) is 12.4 Å². The molecule has 0 aromatic carbocycles. The molecule has 0 aliphatic heterocycles. The maximum atomic E-state index is 10.8. The van der Waals surface area contributed by atoms with Gasteiger partial charge in [0.25, 0.3) is 0 Å². The summed E-state index contributed by atoms with van der Waals surface area (Å²) in [5.74, 6) is -0.428. The predicted octanol–water partition coefficient (Wildman–Crippen LogP) is 0.602. The molecule has 0 saturated carbocycles. The number of nitrogens with zero attached hydrogens (tertiary/aromatic N) is 1. The Morgan fingerprint density at radius 2 is 2.33 bits per heavy atom. The third kappa shape index (κ3) is 5.96. The number of rotatable bonds is 4. The lowest BCUT2D eigenvalue weighted by Crippen LogP contribution is -2.32. The van der Waals surface area contributed by atoms with E-state index < -0.39 is 12.0 Å². The monoisotopic (exact) mass is 192 g/mol. The molecule has 2 N–H and O–H groups in total. The van der Waals surface area contributed by atoms with Crippen molar-refractivity contribution in [2.45, 2.75) is 25.8 Å². The van der Waals surface area contributed by atoms with Gasteiger partial charge in [0.1, 0.15) is 6.04 Å². The van der Waals surface area contributed by atoms with E-state index in [-0.39, 0.29) is 12.4 Å². The van der Waals surface area contributed by atoms with Crippen molar-refractivity contribution in [1.82, 2.24) is 0 Å². The zero-order valence-corrected chi connectivity index (χ0v) is 7.76. The fourth-order valence-corrected chi connectivity index (χ4v) is 0.587. The van der Waals surface area contributed by atoms with Gasteiger partial charge in [0.15, 0.2) is 0 Å². The summed E-state index contributed by atoms with van der Waals surface area (Å²) in [6.07, 6.45) is 0.662. The third-order valence-electron chi connectivity index (χ3n) is 1.16. The number of halogens is 1. The third-order valence-corrected chi connectivity index (χ3v) is 1.16. The van der Waals surface area contributed by atoms with Crippen molar-refractivity contribution in [2.75, 3.05) is 6.61 Å². The molecule has 0 aromatic heterocycles. The lowest BCUT2D eigenvalue weighted by Gasteiger charge is -2.07. The van der Waals surface area contributed by atoms with Crippen LogP contribution in [0.2, 0.25) is 0 Å². The first kappa shape index (κ1) is 13.8. The lowest BCUT2D eigenvalue weighted by atomic mass is 10.2. The SMILES string of the molecule is CCOC(=O)[C@@H](N)CCC#N.Cl. The molecule has 5 heteroatoms. The van der Waals surface area contributed by atoms with Gasteiger partial charge in [0.05, 0.1) is 12.7 Å². The Hall–Kier alpha value is -0.790. The zero-order chi connectivity index (χ0) is 8.69. The van der Waals surface area contributed by atoms with E-state index in [9.17, 15) is 4.79 Å². The summed E-state index contributed by atoms with van der Waals surface area (Å²) in [6.45, 7) is 2.05. The maximum Gasteiger partial charge on any atom is 0.322 e. The molecule has 0 bridgehead atoms. The lowest BCUT2D eigenvalue weighted by molar-refractivity contribution is -0.144. The zero-order valence-electron chi connectivity index (χ0n) is 6.95. The van der Waals surface area contributed by atoms with Crippen LogP contribution in [0.4, 0.5) is 0 Å². The van der Waals surface area contributed by atoms with Gasteiger partial charge >= 0.3 is 5.97 Å². The second-order valence-electron chi connectivity index (χ2n) is 2.06. The van der Waals surface area contributed by atoms with Crippen LogP contribution in [0, 0.1) is 11.3 Å². The van der Waals surface area contributed by atoms with Crippen LogP contribution in [0.25, 0.3) is 0 Å². The first-order valence-corrected chi connectivity index (χ1v) is 3.51. The van der Waals surface area contributed by atoms with E-state index in [1.807, 2.05) is 6.07 Å². The molecule has 1 atom stereocenters. The Bertz CT molecular complexity index is 167. The Labute approximate surface area is 78.1 Å². The molecule has 0 spiro atoms. The summed E-state index contributed by atoms with van der Waals surface area (Å²) < 4.78 is 4.63. The van der Waals surface area contributed by atoms with Gasteiger partial charge in [-0.1, -0.05) is 0 Å². The highest BCUT2D eigenvalue weighted by molar-refractivity contribution is 5.85. The van der Waals surface area contributed by atoms with Crippen LogP contribution < -0.4 is 5.73 Å². The number of hydrogen-bond acceptors (Lipinski definition) is 4. The van der Waals surface area contributed by atoms with Gasteiger partial charge in [-0.3, -0.25) is 4.79 Å². The van der Waals surface area contributed by atoms with Gasteiger partial charge in [0.2, 0.25) is 0 Å². The molecule has 0 radical (unpaired) electrons. The quantitative estimate of drug-likeness (QED) is 0.662. The van der Waals surface area contributed by atoms with Crippen molar-refractivity contribution in [1.29, 1.82) is 5.26 Å². The summed E-state index contributed by atoms with van der Waals surface area (Å²) in [7, 11) is 0. The fraction of sp³-hybridized carbons (Fsp3) is 0.714. The van der Waals surface area contributed by atoms with Gasteiger partial charge < -0.3 is 10.5 Å². The van der Waals surface area contributed by atoms with E-state index in [4.69, 9.17) is 11.0 Å². The molecule has 0 amide bonds. The van der Waals surface area contributed by atoms with Gasteiger partial charge in [-0.2, -0.15) is 5.26 Å². The summed E-state index contributed by atoms with van der Waals surface area (Å²) >= 11 is 0. The number of nitriles is 1. The normalized spacial score (nSPS) is 10.8. The Balaban J connectivity index is 0. The van der Waals surface area contributed by atoms with E-state index >= 15 is 0 Å². The van der Waals surface area contributed by atoms with Crippen LogP contribution >= 0.6 is 12.4 Å². The summed E-state index contributed by atoms with van der Waals surface area (Å²) in [4.78, 5) is 10.8. The Kier molecular flexibility index (Phi) is 9.54. The van der Waals surface area contributed by atoms with Gasteiger partial charge in [-0.25, -0.2) is 0 Å². The molecule has 0 heterocycles. The number of hydrogen-bond donors (Lipinski definition) is 1. The van der Waals surface area contributed by atoms with E-state index in [2.05, 4.69) is 4.74 Å². The first-order valence-electron chi connectivity index (χ1n) is 3.51. The topological polar surface area (TPSA) is 76.1 Å².